The maximum Gasteiger partial charge on any atom is 0.254 e. The number of pyridine rings is 1. The maximum absolute atomic E-state index is 12.3. The van der Waals surface area contributed by atoms with Gasteiger partial charge in [0, 0.05) is 38.6 Å². The third kappa shape index (κ3) is 4.81. The minimum Gasteiger partial charge on any atom is -0.357 e. The number of aryl methyl sites for hydroxylation is 1. The molecule has 0 aliphatic carbocycles. The highest BCUT2D eigenvalue weighted by Gasteiger charge is 2.12. The van der Waals surface area contributed by atoms with Gasteiger partial charge in [0.1, 0.15) is 5.82 Å². The summed E-state index contributed by atoms with van der Waals surface area (Å²) < 4.78 is 1.80. The lowest BCUT2D eigenvalue weighted by atomic mass is 10.2. The first-order chi connectivity index (χ1) is 12.3. The van der Waals surface area contributed by atoms with Gasteiger partial charge in [-0.1, -0.05) is 19.8 Å². The second kappa shape index (κ2) is 8.65. The molecule has 1 fully saturated rings. The number of nitrogens with one attached hydrogen (secondary N) is 1. The Morgan fingerprint density at radius 3 is 2.80 bits per heavy atom. The van der Waals surface area contributed by atoms with E-state index in [-0.39, 0.29) is 5.91 Å². The molecule has 1 amide bonds. The quantitative estimate of drug-likeness (QED) is 0.877. The first-order valence-corrected chi connectivity index (χ1v) is 9.27. The summed E-state index contributed by atoms with van der Waals surface area (Å²) in [6, 6.07) is 4.05. The van der Waals surface area contributed by atoms with E-state index in [4.69, 9.17) is 0 Å². The summed E-state index contributed by atoms with van der Waals surface area (Å²) in [6.45, 7) is 5.56. The number of hydrogen-bond acceptors (Lipinski definition) is 4. The molecule has 1 aliphatic heterocycles. The van der Waals surface area contributed by atoms with Crippen molar-refractivity contribution in [1.82, 2.24) is 20.1 Å². The Labute approximate surface area is 149 Å². The van der Waals surface area contributed by atoms with Crippen molar-refractivity contribution in [2.24, 2.45) is 0 Å². The van der Waals surface area contributed by atoms with E-state index in [1.807, 2.05) is 12.3 Å². The smallest absolute Gasteiger partial charge is 0.254 e. The van der Waals surface area contributed by atoms with Crippen LogP contribution in [0.15, 0.2) is 30.7 Å². The van der Waals surface area contributed by atoms with Gasteiger partial charge in [0.2, 0.25) is 0 Å². The van der Waals surface area contributed by atoms with Gasteiger partial charge in [0.25, 0.3) is 5.91 Å². The minimum absolute atomic E-state index is 0.0875. The van der Waals surface area contributed by atoms with E-state index in [1.54, 1.807) is 17.1 Å². The average Bonchev–Trinajstić information content (AvgIpc) is 2.93. The van der Waals surface area contributed by atoms with E-state index in [9.17, 15) is 4.79 Å². The zero-order valence-electron chi connectivity index (χ0n) is 14.9. The molecule has 0 aromatic carbocycles. The molecule has 25 heavy (non-hydrogen) atoms. The zero-order chi connectivity index (χ0) is 17.5. The number of carbonyl (C=O) groups excluding carboxylic acids is 1. The van der Waals surface area contributed by atoms with Crippen LogP contribution in [-0.4, -0.2) is 33.8 Å². The molecule has 0 unspecified atom stereocenters. The summed E-state index contributed by atoms with van der Waals surface area (Å²) in [6.07, 6.45) is 11.3. The van der Waals surface area contributed by atoms with Crippen LogP contribution in [0.25, 0.3) is 0 Å². The van der Waals surface area contributed by atoms with Crippen LogP contribution in [0.2, 0.25) is 0 Å². The fourth-order valence-electron chi connectivity index (χ4n) is 3.16. The molecule has 6 heteroatoms. The maximum atomic E-state index is 12.3. The van der Waals surface area contributed by atoms with Crippen LogP contribution in [0.5, 0.6) is 0 Å². The highest BCUT2D eigenvalue weighted by Crippen LogP contribution is 2.18. The lowest BCUT2D eigenvalue weighted by Crippen LogP contribution is -2.26. The Kier molecular flexibility index (Phi) is 6.04. The molecular formula is C19H27N5O. The van der Waals surface area contributed by atoms with Crippen molar-refractivity contribution >= 4 is 11.7 Å². The minimum atomic E-state index is -0.0875. The van der Waals surface area contributed by atoms with Crippen molar-refractivity contribution in [3.05, 3.63) is 41.9 Å². The first kappa shape index (κ1) is 17.5. The Morgan fingerprint density at radius 1 is 1.24 bits per heavy atom. The van der Waals surface area contributed by atoms with Crippen molar-refractivity contribution in [2.45, 2.75) is 52.1 Å². The van der Waals surface area contributed by atoms with Crippen LogP contribution in [0.4, 0.5) is 5.82 Å². The monoisotopic (exact) mass is 341 g/mol. The number of hydrogen-bond donors (Lipinski definition) is 1. The third-order valence-electron chi connectivity index (χ3n) is 4.54. The summed E-state index contributed by atoms with van der Waals surface area (Å²) in [5.41, 5.74) is 1.68. The van der Waals surface area contributed by atoms with E-state index in [1.165, 1.54) is 25.7 Å². The number of nitrogens with zero attached hydrogens (tertiary/aromatic N) is 4. The second-order valence-electron chi connectivity index (χ2n) is 6.60. The van der Waals surface area contributed by atoms with Gasteiger partial charge in [-0.3, -0.25) is 9.48 Å². The summed E-state index contributed by atoms with van der Waals surface area (Å²) in [7, 11) is 0. The van der Waals surface area contributed by atoms with Crippen molar-refractivity contribution in [1.29, 1.82) is 0 Å². The van der Waals surface area contributed by atoms with Gasteiger partial charge in [-0.2, -0.15) is 5.10 Å². The zero-order valence-corrected chi connectivity index (χ0v) is 14.9. The molecule has 2 aromatic heterocycles. The summed E-state index contributed by atoms with van der Waals surface area (Å²) in [4.78, 5) is 19.1. The molecule has 3 heterocycles. The van der Waals surface area contributed by atoms with Gasteiger partial charge < -0.3 is 10.2 Å². The van der Waals surface area contributed by atoms with Crippen LogP contribution in [-0.2, 0) is 13.1 Å². The van der Waals surface area contributed by atoms with Gasteiger partial charge in [-0.25, -0.2) is 4.98 Å². The molecule has 0 radical (unpaired) electrons. The summed E-state index contributed by atoms with van der Waals surface area (Å²) >= 11 is 0. The first-order valence-electron chi connectivity index (χ1n) is 9.27. The molecule has 1 aliphatic rings. The van der Waals surface area contributed by atoms with Crippen LogP contribution >= 0.6 is 0 Å². The normalized spacial score (nSPS) is 15.0. The van der Waals surface area contributed by atoms with E-state index in [0.717, 1.165) is 37.4 Å². The van der Waals surface area contributed by atoms with Crippen LogP contribution in [0.3, 0.4) is 0 Å². The standard InChI is InChI=1S/C19H27N5O/c1-2-9-24-15-17(14-22-24)19(25)21-13-16-7-8-20-18(12-16)23-10-5-3-4-6-11-23/h7-8,12,14-15H,2-6,9-11,13H2,1H3,(H,21,25). The summed E-state index contributed by atoms with van der Waals surface area (Å²) in [5.74, 6) is 0.930. The largest absolute Gasteiger partial charge is 0.357 e. The molecule has 134 valence electrons. The van der Waals surface area contributed by atoms with Gasteiger partial charge in [-0.15, -0.1) is 0 Å². The van der Waals surface area contributed by atoms with Gasteiger partial charge >= 0.3 is 0 Å². The molecule has 2 aromatic rings. The Hall–Kier alpha value is -2.37. The number of rotatable bonds is 6. The van der Waals surface area contributed by atoms with Crippen molar-refractivity contribution in [2.75, 3.05) is 18.0 Å². The average molecular weight is 341 g/mol. The van der Waals surface area contributed by atoms with E-state index >= 15 is 0 Å². The highest BCUT2D eigenvalue weighted by atomic mass is 16.1. The second-order valence-corrected chi connectivity index (χ2v) is 6.60. The lowest BCUT2D eigenvalue weighted by molar-refractivity contribution is 0.0951. The molecule has 3 rings (SSSR count). The molecule has 6 nitrogen and oxygen atoms in total. The number of amides is 1. The molecule has 0 saturated carbocycles. The van der Waals surface area contributed by atoms with Crippen molar-refractivity contribution in [3.63, 3.8) is 0 Å². The molecule has 1 saturated heterocycles. The molecule has 0 spiro atoms. The Balaban J connectivity index is 1.58. The van der Waals surface area contributed by atoms with Gasteiger partial charge in [0.05, 0.1) is 11.8 Å². The van der Waals surface area contributed by atoms with Crippen LogP contribution < -0.4 is 10.2 Å². The molecular weight excluding hydrogens is 314 g/mol. The van der Waals surface area contributed by atoms with Crippen molar-refractivity contribution < 1.29 is 4.79 Å². The Morgan fingerprint density at radius 2 is 2.04 bits per heavy atom. The molecule has 0 atom stereocenters. The molecule has 1 N–H and O–H groups in total. The predicted molar refractivity (Wildman–Crippen MR) is 98.6 cm³/mol. The fourth-order valence-corrected chi connectivity index (χ4v) is 3.16. The van der Waals surface area contributed by atoms with Crippen LogP contribution in [0, 0.1) is 0 Å². The van der Waals surface area contributed by atoms with Crippen LogP contribution in [0.1, 0.15) is 54.9 Å². The van der Waals surface area contributed by atoms with E-state index in [0.29, 0.717) is 12.1 Å². The summed E-state index contributed by atoms with van der Waals surface area (Å²) in [5, 5.41) is 7.18. The van der Waals surface area contributed by atoms with E-state index < -0.39 is 0 Å². The fraction of sp³-hybridized carbons (Fsp3) is 0.526. The number of carbonyl (C=O) groups is 1. The lowest BCUT2D eigenvalue weighted by Gasteiger charge is -2.21. The van der Waals surface area contributed by atoms with Gasteiger partial charge in [-0.05, 0) is 37.0 Å². The topological polar surface area (TPSA) is 63.1 Å². The van der Waals surface area contributed by atoms with E-state index in [2.05, 4.69) is 33.3 Å². The Bertz CT molecular complexity index is 689. The van der Waals surface area contributed by atoms with Crippen molar-refractivity contribution in [3.8, 4) is 0 Å². The SMILES string of the molecule is CCCn1cc(C(=O)NCc2ccnc(N3CCCCCC3)c2)cn1. The highest BCUT2D eigenvalue weighted by molar-refractivity contribution is 5.93. The van der Waals surface area contributed by atoms with Gasteiger partial charge in [0.15, 0.2) is 0 Å². The number of anilines is 1. The predicted octanol–water partition coefficient (Wildman–Crippen LogP) is 3.00. The molecule has 0 bridgehead atoms. The third-order valence-corrected chi connectivity index (χ3v) is 4.54. The number of aromatic nitrogens is 3.